The van der Waals surface area contributed by atoms with Gasteiger partial charge in [0.15, 0.2) is 5.71 Å². The van der Waals surface area contributed by atoms with Crippen molar-refractivity contribution in [3.8, 4) is 0 Å². The van der Waals surface area contributed by atoms with E-state index in [-0.39, 0.29) is 54.9 Å². The molecule has 1 fully saturated rings. The molecule has 0 spiro atoms. The number of benzene rings is 2. The highest BCUT2D eigenvalue weighted by Gasteiger charge is 2.47. The van der Waals surface area contributed by atoms with Crippen molar-refractivity contribution < 1.29 is 46.7 Å². The van der Waals surface area contributed by atoms with E-state index in [0.29, 0.717) is 23.7 Å². The van der Waals surface area contributed by atoms with E-state index in [9.17, 15) is 37.3 Å². The van der Waals surface area contributed by atoms with Crippen LogP contribution in [0, 0.1) is 0 Å². The zero-order chi connectivity index (χ0) is 36.2. The van der Waals surface area contributed by atoms with E-state index in [2.05, 4.69) is 0 Å². The summed E-state index contributed by atoms with van der Waals surface area (Å²) >= 11 is 0. The molecule has 0 unspecified atom stereocenters. The molecule has 1 saturated heterocycles. The number of aliphatic hydroxyl groups is 1. The number of carbonyl (C=O) groups excluding carboxylic acids is 4. The molecule has 50 heavy (non-hydrogen) atoms. The van der Waals surface area contributed by atoms with Gasteiger partial charge in [0.2, 0.25) is 11.5 Å². The lowest BCUT2D eigenvalue weighted by Gasteiger charge is -2.29. The topological polar surface area (TPSA) is 164 Å². The van der Waals surface area contributed by atoms with Crippen molar-refractivity contribution in [1.82, 2.24) is 5.06 Å². The van der Waals surface area contributed by atoms with E-state index < -0.39 is 44.5 Å². The molecule has 262 valence electrons. The molecule has 2 amide bonds. The number of imide groups is 1. The number of amides is 2. The third kappa shape index (κ3) is 6.20. The van der Waals surface area contributed by atoms with E-state index in [1.807, 2.05) is 85.7 Å². The molecule has 3 aliphatic heterocycles. The molecule has 0 aromatic heterocycles. The first kappa shape index (κ1) is 35.0. The average Bonchev–Trinajstić information content (AvgIpc) is 3.57. The molecule has 0 bridgehead atoms. The first-order chi connectivity index (χ1) is 23.5. The summed E-state index contributed by atoms with van der Waals surface area (Å²) in [4.78, 5) is 56.9. The number of rotatable bonds is 11. The molecular formula is C37H39N3O9S. The van der Waals surface area contributed by atoms with Gasteiger partial charge in [-0.3, -0.25) is 14.4 Å². The van der Waals surface area contributed by atoms with Gasteiger partial charge in [-0.1, -0.05) is 50.2 Å². The van der Waals surface area contributed by atoms with Crippen LogP contribution in [-0.2, 0) is 45.0 Å². The van der Waals surface area contributed by atoms with Crippen LogP contribution in [0.3, 0.4) is 0 Å². The number of ketones is 1. The summed E-state index contributed by atoms with van der Waals surface area (Å²) in [5.74, 6) is -2.83. The quantitative estimate of drug-likeness (QED) is 0.154. The number of anilines is 1. The van der Waals surface area contributed by atoms with Crippen molar-refractivity contribution in [1.29, 1.82) is 0 Å². The van der Waals surface area contributed by atoms with E-state index in [0.717, 1.165) is 28.2 Å². The van der Waals surface area contributed by atoms with Crippen molar-refractivity contribution in [3.05, 3.63) is 94.4 Å². The number of carbonyl (C=O) groups is 4. The van der Waals surface area contributed by atoms with Crippen molar-refractivity contribution >= 4 is 50.8 Å². The fourth-order valence-corrected chi connectivity index (χ4v) is 7.74. The standard InChI is InChI=1S/C37H39N3O9S/c1-36(2)25-11-5-7-13-27(25)38(18-9-15-33(43)49-40-31(41)16-17-32(40)42)29(36)21-23-34(44)24(35(23)45)22-30-37(3,4)26-12-6-8-14-28(26)39(30)19-10-20-50(46,47)48/h5-8,11-14,21-22H,9-10,15-20H2,1-4H3,(H-,44,45,46,47,48). The lowest BCUT2D eigenvalue weighted by atomic mass is 9.77. The maximum atomic E-state index is 13.8. The zero-order valence-corrected chi connectivity index (χ0v) is 29.2. The number of aliphatic hydroxyl groups excluding tert-OH is 1. The van der Waals surface area contributed by atoms with E-state index in [1.54, 1.807) is 12.2 Å². The monoisotopic (exact) mass is 701 g/mol. The van der Waals surface area contributed by atoms with Gasteiger partial charge < -0.3 is 19.4 Å². The predicted octanol–water partition coefficient (Wildman–Crippen LogP) is 4.39. The lowest BCUT2D eigenvalue weighted by Crippen LogP contribution is -2.33. The third-order valence-electron chi connectivity index (χ3n) is 9.90. The largest absolute Gasteiger partial charge is 0.748 e. The first-order valence-corrected chi connectivity index (χ1v) is 18.1. The summed E-state index contributed by atoms with van der Waals surface area (Å²) in [7, 11) is -4.41. The minimum absolute atomic E-state index is 0.0101. The number of fused-ring (bicyclic) bond motifs is 2. The summed E-state index contributed by atoms with van der Waals surface area (Å²) in [5.41, 5.74) is 4.26. The Bertz CT molecular complexity index is 2060. The highest BCUT2D eigenvalue weighted by atomic mass is 32.2. The second-order valence-corrected chi connectivity index (χ2v) is 15.4. The van der Waals surface area contributed by atoms with Gasteiger partial charge in [-0.25, -0.2) is 13.2 Å². The number of hydrogen-bond acceptors (Lipinski definition) is 10. The lowest BCUT2D eigenvalue weighted by molar-refractivity contribution is -0.438. The highest BCUT2D eigenvalue weighted by molar-refractivity contribution is 7.85. The minimum atomic E-state index is -4.41. The number of Topliss-reactive ketones (excluding diaryl/α,β-unsaturated/α-hetero) is 1. The summed E-state index contributed by atoms with van der Waals surface area (Å²) in [6.07, 6.45) is 3.71. The first-order valence-electron chi connectivity index (χ1n) is 16.6. The molecule has 2 aromatic rings. The maximum absolute atomic E-state index is 13.8. The Kier molecular flexibility index (Phi) is 8.94. The molecule has 0 atom stereocenters. The van der Waals surface area contributed by atoms with Gasteiger partial charge in [0.05, 0.1) is 33.1 Å². The smallest absolute Gasteiger partial charge is 0.333 e. The van der Waals surface area contributed by atoms with Gasteiger partial charge in [0.1, 0.15) is 12.3 Å². The molecule has 3 heterocycles. The summed E-state index contributed by atoms with van der Waals surface area (Å²) < 4.78 is 36.0. The van der Waals surface area contributed by atoms with Crippen molar-refractivity contribution in [3.63, 3.8) is 0 Å². The Morgan fingerprint density at radius 1 is 0.940 bits per heavy atom. The minimum Gasteiger partial charge on any atom is -0.748 e. The molecule has 2 aromatic carbocycles. The zero-order valence-electron chi connectivity index (χ0n) is 28.4. The molecule has 1 N–H and O–H groups in total. The van der Waals surface area contributed by atoms with Crippen molar-refractivity contribution in [2.75, 3.05) is 23.7 Å². The van der Waals surface area contributed by atoms with Crippen LogP contribution < -0.4 is 4.90 Å². The average molecular weight is 702 g/mol. The Morgan fingerprint density at radius 3 is 2.24 bits per heavy atom. The van der Waals surface area contributed by atoms with Crippen LogP contribution in [0.15, 0.2) is 83.3 Å². The highest BCUT2D eigenvalue weighted by Crippen LogP contribution is 2.49. The number of para-hydroxylation sites is 2. The second-order valence-electron chi connectivity index (χ2n) is 13.9. The Hall–Kier alpha value is -4.88. The van der Waals surface area contributed by atoms with Crippen molar-refractivity contribution in [2.45, 2.75) is 70.6 Å². The normalized spacial score (nSPS) is 21.0. The molecule has 12 nitrogen and oxygen atoms in total. The number of hydroxylamine groups is 2. The number of nitrogens with zero attached hydrogens (tertiary/aromatic N) is 3. The van der Waals surface area contributed by atoms with Crippen LogP contribution in [0.5, 0.6) is 0 Å². The Balaban J connectivity index is 1.30. The van der Waals surface area contributed by atoms with Crippen molar-refractivity contribution in [2.24, 2.45) is 0 Å². The van der Waals surface area contributed by atoms with Crippen LogP contribution in [0.1, 0.15) is 70.9 Å². The van der Waals surface area contributed by atoms with Gasteiger partial charge in [-0.15, -0.1) is 5.06 Å². The van der Waals surface area contributed by atoms with E-state index in [1.165, 1.54) is 0 Å². The maximum Gasteiger partial charge on any atom is 0.333 e. The van der Waals surface area contributed by atoms with E-state index >= 15 is 0 Å². The van der Waals surface area contributed by atoms with Crippen LogP contribution in [0.2, 0.25) is 0 Å². The van der Waals surface area contributed by atoms with Gasteiger partial charge in [-0.2, -0.15) is 4.58 Å². The SMILES string of the molecule is CC1(C)C(=CC2=C(O)C(=CC3=[N+](CCCC(=O)ON4C(=O)CCC4=O)c4ccccc4C3(C)C)C2=O)N(CCCS(=O)(=O)[O-])c2ccccc21. The molecule has 6 rings (SSSR count). The Labute approximate surface area is 290 Å². The third-order valence-corrected chi connectivity index (χ3v) is 10.7. The fourth-order valence-electron chi connectivity index (χ4n) is 7.25. The second kappa shape index (κ2) is 12.8. The number of allylic oxidation sites excluding steroid dienone is 5. The van der Waals surface area contributed by atoms with Crippen LogP contribution in [-0.4, -0.2) is 75.8 Å². The van der Waals surface area contributed by atoms with E-state index in [4.69, 9.17) is 4.84 Å². The summed E-state index contributed by atoms with van der Waals surface area (Å²) in [5, 5.41) is 11.9. The molecular weight excluding hydrogens is 662 g/mol. The summed E-state index contributed by atoms with van der Waals surface area (Å²) in [6.45, 7) is 8.59. The molecule has 0 saturated carbocycles. The summed E-state index contributed by atoms with van der Waals surface area (Å²) in [6, 6.07) is 15.4. The molecule has 0 radical (unpaired) electrons. The molecule has 1 aliphatic carbocycles. The predicted molar refractivity (Wildman–Crippen MR) is 182 cm³/mol. The molecule has 4 aliphatic rings. The van der Waals surface area contributed by atoms with Gasteiger partial charge in [-0.05, 0) is 38.0 Å². The van der Waals surface area contributed by atoms with Gasteiger partial charge in [0.25, 0.3) is 11.8 Å². The van der Waals surface area contributed by atoms with Gasteiger partial charge in [0, 0.05) is 66.1 Å². The fraction of sp³-hybridized carbons (Fsp3) is 0.378. The van der Waals surface area contributed by atoms with Gasteiger partial charge >= 0.3 is 5.97 Å². The Morgan fingerprint density at radius 2 is 1.58 bits per heavy atom. The van der Waals surface area contributed by atoms with Crippen LogP contribution >= 0.6 is 0 Å². The molecule has 13 heteroatoms. The van der Waals surface area contributed by atoms with Crippen LogP contribution in [0.4, 0.5) is 11.4 Å². The van der Waals surface area contributed by atoms with Crippen LogP contribution in [0.25, 0.3) is 0 Å². The number of hydrogen-bond donors (Lipinski definition) is 1.